The van der Waals surface area contributed by atoms with E-state index in [1.54, 1.807) is 0 Å². The van der Waals surface area contributed by atoms with E-state index in [0.717, 1.165) is 27.7 Å². The molecule has 1 unspecified atom stereocenters. The molecule has 0 amide bonds. The van der Waals surface area contributed by atoms with Gasteiger partial charge in [-0.1, -0.05) is 72.5 Å². The van der Waals surface area contributed by atoms with Gasteiger partial charge in [0.25, 0.3) is 0 Å². The molecule has 0 spiro atoms. The number of anilines is 1. The number of pyridine rings is 1. The predicted molar refractivity (Wildman–Crippen MR) is 145 cm³/mol. The molecule has 1 atom stereocenters. The molecular formula is C30H35ClN2O. The molecule has 1 N–H and O–H groups in total. The van der Waals surface area contributed by atoms with Crippen LogP contribution in [0, 0.1) is 5.41 Å². The zero-order valence-electron chi connectivity index (χ0n) is 20.9. The highest BCUT2D eigenvalue weighted by Crippen LogP contribution is 2.40. The highest BCUT2D eigenvalue weighted by Gasteiger charge is 2.26. The van der Waals surface area contributed by atoms with Crippen molar-refractivity contribution in [2.45, 2.75) is 66.7 Å². The van der Waals surface area contributed by atoms with Crippen molar-refractivity contribution < 1.29 is 4.74 Å². The maximum Gasteiger partial charge on any atom is 0.148 e. The molecule has 0 bridgehead atoms. The van der Waals surface area contributed by atoms with Gasteiger partial charge in [-0.2, -0.15) is 0 Å². The van der Waals surface area contributed by atoms with E-state index in [4.69, 9.17) is 16.3 Å². The minimum Gasteiger partial charge on any atom is -0.355 e. The zero-order chi connectivity index (χ0) is 24.3. The lowest BCUT2D eigenvalue weighted by atomic mass is 9.72. The van der Waals surface area contributed by atoms with Crippen LogP contribution in [0.15, 0.2) is 83.1 Å². The maximum atomic E-state index is 6.19. The molecule has 0 saturated carbocycles. The number of hydrogen-bond acceptors (Lipinski definition) is 3. The molecule has 178 valence electrons. The molecule has 2 heterocycles. The fourth-order valence-corrected chi connectivity index (χ4v) is 5.06. The summed E-state index contributed by atoms with van der Waals surface area (Å²) in [5.74, 6) is 0. The maximum absolute atomic E-state index is 6.19. The van der Waals surface area contributed by atoms with Gasteiger partial charge in [-0.25, -0.2) is 0 Å². The molecule has 3 nitrogen and oxygen atoms in total. The number of aromatic nitrogens is 1. The van der Waals surface area contributed by atoms with Crippen molar-refractivity contribution in [3.8, 4) is 0 Å². The molecule has 0 radical (unpaired) electrons. The van der Waals surface area contributed by atoms with Crippen molar-refractivity contribution in [3.63, 3.8) is 0 Å². The summed E-state index contributed by atoms with van der Waals surface area (Å²) in [6.45, 7) is 11.8. The van der Waals surface area contributed by atoms with E-state index in [1.807, 2.05) is 24.4 Å². The minimum atomic E-state index is -0.191. The molecule has 4 heteroatoms. The lowest BCUT2D eigenvalue weighted by Gasteiger charge is -2.32. The van der Waals surface area contributed by atoms with Crippen LogP contribution in [0.2, 0.25) is 5.02 Å². The number of benzene rings is 1. The summed E-state index contributed by atoms with van der Waals surface area (Å²) in [6.07, 6.45) is 18.5. The number of ether oxygens (including phenoxy) is 1. The van der Waals surface area contributed by atoms with E-state index in [0.29, 0.717) is 11.6 Å². The van der Waals surface area contributed by atoms with Crippen LogP contribution in [0.3, 0.4) is 0 Å². The fourth-order valence-electron chi connectivity index (χ4n) is 4.88. The monoisotopic (exact) mass is 474 g/mol. The van der Waals surface area contributed by atoms with E-state index >= 15 is 0 Å². The van der Waals surface area contributed by atoms with Crippen LogP contribution in [0.25, 0.3) is 10.9 Å². The first-order chi connectivity index (χ1) is 16.2. The van der Waals surface area contributed by atoms with Crippen molar-refractivity contribution in [2.75, 3.05) is 5.32 Å². The van der Waals surface area contributed by atoms with Gasteiger partial charge in [-0.15, -0.1) is 0 Å². The molecule has 1 aliphatic carbocycles. The van der Waals surface area contributed by atoms with Crippen molar-refractivity contribution in [1.82, 2.24) is 4.98 Å². The smallest absolute Gasteiger partial charge is 0.148 e. The Hall–Kier alpha value is -2.62. The van der Waals surface area contributed by atoms with Gasteiger partial charge in [0.1, 0.15) is 6.23 Å². The molecule has 1 aromatic carbocycles. The summed E-state index contributed by atoms with van der Waals surface area (Å²) in [4.78, 5) is 4.55. The first-order valence-electron chi connectivity index (χ1n) is 12.1. The van der Waals surface area contributed by atoms with Crippen LogP contribution < -0.4 is 5.32 Å². The first-order valence-corrected chi connectivity index (χ1v) is 12.5. The van der Waals surface area contributed by atoms with Gasteiger partial charge in [0.05, 0.1) is 24.0 Å². The number of allylic oxidation sites excluding steroid dienone is 9. The van der Waals surface area contributed by atoms with Gasteiger partial charge in [0.2, 0.25) is 0 Å². The summed E-state index contributed by atoms with van der Waals surface area (Å²) in [6, 6.07) is 5.76. The Balaban J connectivity index is 1.40. The SMILES string of the molecule is CC(C=CC1=C(C)CCCC1(C)C)=CC=CC(C)=CC1Nc2cnc3ccc(Cl)cc3c2CO1. The second-order valence-corrected chi connectivity index (χ2v) is 10.6. The average molecular weight is 475 g/mol. The van der Waals surface area contributed by atoms with E-state index < -0.39 is 0 Å². The number of fused-ring (bicyclic) bond motifs is 3. The van der Waals surface area contributed by atoms with E-state index in [-0.39, 0.29) is 11.6 Å². The van der Waals surface area contributed by atoms with E-state index in [1.165, 1.54) is 36.0 Å². The molecular weight excluding hydrogens is 440 g/mol. The number of rotatable bonds is 5. The third kappa shape index (κ3) is 5.71. The van der Waals surface area contributed by atoms with Gasteiger partial charge in [-0.3, -0.25) is 4.98 Å². The lowest BCUT2D eigenvalue weighted by molar-refractivity contribution is 0.0820. The third-order valence-corrected chi connectivity index (χ3v) is 7.07. The Morgan fingerprint density at radius 1 is 1.21 bits per heavy atom. The van der Waals surface area contributed by atoms with Gasteiger partial charge < -0.3 is 10.1 Å². The van der Waals surface area contributed by atoms with Gasteiger partial charge in [0.15, 0.2) is 0 Å². The van der Waals surface area contributed by atoms with Crippen molar-refractivity contribution in [1.29, 1.82) is 0 Å². The van der Waals surface area contributed by atoms with Crippen LogP contribution in [0.4, 0.5) is 5.69 Å². The molecule has 1 aliphatic heterocycles. The number of nitrogens with zero attached hydrogens (tertiary/aromatic N) is 1. The number of hydrogen-bond donors (Lipinski definition) is 1. The first kappa shape index (κ1) is 24.5. The summed E-state index contributed by atoms with van der Waals surface area (Å²) < 4.78 is 6.06. The average Bonchev–Trinajstić information content (AvgIpc) is 2.78. The fraction of sp³-hybridized carbons (Fsp3) is 0.367. The highest BCUT2D eigenvalue weighted by molar-refractivity contribution is 6.31. The number of nitrogens with one attached hydrogen (secondary N) is 1. The Morgan fingerprint density at radius 3 is 2.82 bits per heavy atom. The third-order valence-electron chi connectivity index (χ3n) is 6.83. The van der Waals surface area contributed by atoms with Crippen molar-refractivity contribution in [2.24, 2.45) is 5.41 Å². The molecule has 2 aliphatic rings. The highest BCUT2D eigenvalue weighted by atomic mass is 35.5. The largest absolute Gasteiger partial charge is 0.355 e. The van der Waals surface area contributed by atoms with Crippen LogP contribution in [-0.4, -0.2) is 11.2 Å². The normalized spacial score (nSPS) is 21.4. The van der Waals surface area contributed by atoms with Crippen LogP contribution in [0.1, 0.15) is 59.4 Å². The van der Waals surface area contributed by atoms with Gasteiger partial charge >= 0.3 is 0 Å². The van der Waals surface area contributed by atoms with Crippen molar-refractivity contribution in [3.05, 3.63) is 93.7 Å². The van der Waals surface area contributed by atoms with Crippen LogP contribution >= 0.6 is 11.6 Å². The Bertz CT molecular complexity index is 1230. The standard InChI is InChI=1S/C30H35ClN2O/c1-20(11-13-26-22(3)10-7-15-30(26,4)5)8-6-9-21(2)16-29-33-28-18-32-27-14-12-23(31)17-24(27)25(28)19-34-29/h6,8-9,11-14,16-18,29,33H,7,10,15,19H2,1-5H3. The van der Waals surface area contributed by atoms with Crippen LogP contribution in [-0.2, 0) is 11.3 Å². The zero-order valence-corrected chi connectivity index (χ0v) is 21.7. The summed E-state index contributed by atoms with van der Waals surface area (Å²) in [5, 5.41) is 5.18. The van der Waals surface area contributed by atoms with Crippen molar-refractivity contribution >= 4 is 28.2 Å². The number of halogens is 1. The summed E-state index contributed by atoms with van der Waals surface area (Å²) in [7, 11) is 0. The molecule has 2 aromatic rings. The molecule has 0 fully saturated rings. The quantitative estimate of drug-likeness (QED) is 0.440. The molecule has 0 saturated heterocycles. The molecule has 34 heavy (non-hydrogen) atoms. The molecule has 1 aromatic heterocycles. The van der Waals surface area contributed by atoms with E-state index in [2.05, 4.69) is 81.4 Å². The Kier molecular flexibility index (Phi) is 7.45. The Morgan fingerprint density at radius 2 is 2.03 bits per heavy atom. The van der Waals surface area contributed by atoms with Gasteiger partial charge in [0, 0.05) is 16.0 Å². The topological polar surface area (TPSA) is 34.2 Å². The minimum absolute atomic E-state index is 0.191. The van der Waals surface area contributed by atoms with E-state index in [9.17, 15) is 0 Å². The lowest BCUT2D eigenvalue weighted by Crippen LogP contribution is -2.26. The Labute approximate surface area is 209 Å². The van der Waals surface area contributed by atoms with Crippen LogP contribution in [0.5, 0.6) is 0 Å². The summed E-state index contributed by atoms with van der Waals surface area (Å²) in [5.41, 5.74) is 8.70. The second kappa shape index (κ2) is 10.3. The molecule has 4 rings (SSSR count). The summed E-state index contributed by atoms with van der Waals surface area (Å²) >= 11 is 6.19. The second-order valence-electron chi connectivity index (χ2n) is 10.1. The van der Waals surface area contributed by atoms with Gasteiger partial charge in [-0.05, 0) is 75.3 Å². The predicted octanol–water partition coefficient (Wildman–Crippen LogP) is 8.69.